The predicted molar refractivity (Wildman–Crippen MR) is 75.7 cm³/mol. The summed E-state index contributed by atoms with van der Waals surface area (Å²) < 4.78 is 5.09. The van der Waals surface area contributed by atoms with Crippen molar-refractivity contribution in [1.82, 2.24) is 10.6 Å². The number of hydrogen-bond acceptors (Lipinski definition) is 4. The van der Waals surface area contributed by atoms with Gasteiger partial charge in [-0.15, -0.1) is 0 Å². The molecule has 0 unspecified atom stereocenters. The fourth-order valence-corrected chi connectivity index (χ4v) is 1.54. The molecule has 0 radical (unpaired) electrons. The Kier molecular flexibility index (Phi) is 6.48. The summed E-state index contributed by atoms with van der Waals surface area (Å²) >= 11 is 5.74. The number of imide groups is 1. The average molecular weight is 315 g/mol. The van der Waals surface area contributed by atoms with E-state index in [1.807, 2.05) is 6.92 Å². The fraction of sp³-hybridized carbons (Fsp3) is 0.308. The van der Waals surface area contributed by atoms with Gasteiger partial charge in [0.25, 0.3) is 5.91 Å². The number of hydrogen-bond donors (Lipinski definition) is 3. The van der Waals surface area contributed by atoms with Crippen LogP contribution in [0.15, 0.2) is 18.2 Å². The van der Waals surface area contributed by atoms with Crippen LogP contribution in [-0.4, -0.2) is 36.2 Å². The SMILES string of the molecule is CCCNC(=O)NC(=O)COc1cc(Cl)ccc1C(=O)O. The van der Waals surface area contributed by atoms with Gasteiger partial charge in [-0.25, -0.2) is 9.59 Å². The molecule has 0 spiro atoms. The Balaban J connectivity index is 2.59. The Labute approximate surface area is 126 Å². The van der Waals surface area contributed by atoms with Crippen LogP contribution in [0.3, 0.4) is 0 Å². The Morgan fingerprint density at radius 2 is 2.05 bits per heavy atom. The first-order valence-electron chi connectivity index (χ1n) is 6.17. The highest BCUT2D eigenvalue weighted by Crippen LogP contribution is 2.23. The Morgan fingerprint density at radius 1 is 1.33 bits per heavy atom. The molecule has 3 amide bonds. The second-order valence-corrected chi connectivity index (χ2v) is 4.47. The van der Waals surface area contributed by atoms with Gasteiger partial charge in [-0.3, -0.25) is 10.1 Å². The molecule has 1 aromatic carbocycles. The number of carboxylic acids is 1. The van der Waals surface area contributed by atoms with Crippen LogP contribution < -0.4 is 15.4 Å². The van der Waals surface area contributed by atoms with Gasteiger partial charge in [-0.1, -0.05) is 18.5 Å². The quantitative estimate of drug-likeness (QED) is 0.740. The second kappa shape index (κ2) is 8.11. The number of amides is 3. The van der Waals surface area contributed by atoms with Gasteiger partial charge in [0.05, 0.1) is 0 Å². The third kappa shape index (κ3) is 5.70. The Hall–Kier alpha value is -2.28. The summed E-state index contributed by atoms with van der Waals surface area (Å²) in [5.41, 5.74) is -0.123. The number of urea groups is 1. The minimum Gasteiger partial charge on any atom is -0.483 e. The van der Waals surface area contributed by atoms with Crippen LogP contribution in [0.4, 0.5) is 4.79 Å². The van der Waals surface area contributed by atoms with Gasteiger partial charge in [-0.05, 0) is 24.6 Å². The summed E-state index contributed by atoms with van der Waals surface area (Å²) in [4.78, 5) is 33.7. The highest BCUT2D eigenvalue weighted by atomic mass is 35.5. The molecule has 0 bridgehead atoms. The molecule has 1 aromatic rings. The Bertz CT molecular complexity index is 547. The lowest BCUT2D eigenvalue weighted by molar-refractivity contribution is -0.122. The van der Waals surface area contributed by atoms with Crippen molar-refractivity contribution in [3.63, 3.8) is 0 Å². The topological polar surface area (TPSA) is 105 Å². The number of rotatable bonds is 6. The molecule has 7 nitrogen and oxygen atoms in total. The number of halogens is 1. The average Bonchev–Trinajstić information content (AvgIpc) is 2.42. The van der Waals surface area contributed by atoms with E-state index in [2.05, 4.69) is 10.6 Å². The lowest BCUT2D eigenvalue weighted by atomic mass is 10.2. The van der Waals surface area contributed by atoms with Gasteiger partial charge >= 0.3 is 12.0 Å². The summed E-state index contributed by atoms with van der Waals surface area (Å²) in [5, 5.41) is 13.8. The zero-order chi connectivity index (χ0) is 15.8. The van der Waals surface area contributed by atoms with E-state index < -0.39 is 24.5 Å². The van der Waals surface area contributed by atoms with Crippen molar-refractivity contribution in [3.8, 4) is 5.75 Å². The lowest BCUT2D eigenvalue weighted by Gasteiger charge is -2.10. The van der Waals surface area contributed by atoms with Crippen molar-refractivity contribution in [2.24, 2.45) is 0 Å². The molecule has 0 fully saturated rings. The smallest absolute Gasteiger partial charge is 0.339 e. The van der Waals surface area contributed by atoms with E-state index in [1.54, 1.807) is 0 Å². The standard InChI is InChI=1S/C13H15ClN2O5/c1-2-5-15-13(20)16-11(17)7-21-10-6-8(14)3-4-9(10)12(18)19/h3-4,6H,2,5,7H2,1H3,(H,18,19)(H2,15,16,17,20). The predicted octanol–water partition coefficient (Wildman–Crippen LogP) is 1.65. The highest BCUT2D eigenvalue weighted by Gasteiger charge is 2.14. The van der Waals surface area contributed by atoms with Gasteiger partial charge in [0.1, 0.15) is 11.3 Å². The molecule has 0 atom stereocenters. The maximum atomic E-state index is 11.5. The van der Waals surface area contributed by atoms with Crippen molar-refractivity contribution in [2.75, 3.05) is 13.2 Å². The highest BCUT2D eigenvalue weighted by molar-refractivity contribution is 6.30. The minimum atomic E-state index is -1.21. The zero-order valence-corrected chi connectivity index (χ0v) is 12.1. The lowest BCUT2D eigenvalue weighted by Crippen LogP contribution is -2.41. The molecular weight excluding hydrogens is 300 g/mol. The number of carboxylic acid groups (broad SMARTS) is 1. The van der Waals surface area contributed by atoms with Crippen LogP contribution in [0.5, 0.6) is 5.75 Å². The van der Waals surface area contributed by atoms with E-state index in [9.17, 15) is 14.4 Å². The van der Waals surface area contributed by atoms with Crippen LogP contribution in [0, 0.1) is 0 Å². The van der Waals surface area contributed by atoms with Crippen molar-refractivity contribution in [3.05, 3.63) is 28.8 Å². The zero-order valence-electron chi connectivity index (χ0n) is 11.3. The van der Waals surface area contributed by atoms with E-state index in [1.165, 1.54) is 18.2 Å². The van der Waals surface area contributed by atoms with Crippen LogP contribution in [0.25, 0.3) is 0 Å². The number of nitrogens with one attached hydrogen (secondary N) is 2. The fourth-order valence-electron chi connectivity index (χ4n) is 1.38. The summed E-state index contributed by atoms with van der Waals surface area (Å²) in [6, 6.07) is 3.33. The minimum absolute atomic E-state index is 0.0425. The van der Waals surface area contributed by atoms with Crippen LogP contribution >= 0.6 is 11.6 Å². The third-order valence-corrected chi connectivity index (χ3v) is 2.56. The largest absolute Gasteiger partial charge is 0.483 e. The van der Waals surface area contributed by atoms with Gasteiger partial charge < -0.3 is 15.2 Å². The second-order valence-electron chi connectivity index (χ2n) is 4.04. The molecule has 0 aliphatic heterocycles. The van der Waals surface area contributed by atoms with E-state index >= 15 is 0 Å². The van der Waals surface area contributed by atoms with Gasteiger partial charge in [0, 0.05) is 11.6 Å². The Morgan fingerprint density at radius 3 is 2.67 bits per heavy atom. The monoisotopic (exact) mass is 314 g/mol. The third-order valence-electron chi connectivity index (χ3n) is 2.32. The molecular formula is C13H15ClN2O5. The van der Waals surface area contributed by atoms with Gasteiger partial charge in [0.15, 0.2) is 6.61 Å². The van der Waals surface area contributed by atoms with E-state index in [0.29, 0.717) is 6.54 Å². The molecule has 0 saturated heterocycles. The van der Waals surface area contributed by atoms with Crippen molar-refractivity contribution < 1.29 is 24.2 Å². The maximum absolute atomic E-state index is 11.5. The summed E-state index contributed by atoms with van der Waals surface area (Å²) in [5.74, 6) is -1.94. The number of carbonyl (C=O) groups is 3. The number of benzene rings is 1. The van der Waals surface area contributed by atoms with Gasteiger partial charge in [-0.2, -0.15) is 0 Å². The maximum Gasteiger partial charge on any atom is 0.339 e. The van der Waals surface area contributed by atoms with E-state index in [0.717, 1.165) is 6.42 Å². The van der Waals surface area contributed by atoms with Crippen LogP contribution in [0.1, 0.15) is 23.7 Å². The first kappa shape index (κ1) is 16.8. The number of carbonyl (C=O) groups excluding carboxylic acids is 2. The molecule has 0 aromatic heterocycles. The van der Waals surface area contributed by atoms with Gasteiger partial charge in [0.2, 0.25) is 0 Å². The molecule has 114 valence electrons. The van der Waals surface area contributed by atoms with Crippen molar-refractivity contribution in [2.45, 2.75) is 13.3 Å². The van der Waals surface area contributed by atoms with Crippen LogP contribution in [0.2, 0.25) is 5.02 Å². The number of aromatic carboxylic acids is 1. The molecule has 0 aliphatic rings. The molecule has 3 N–H and O–H groups in total. The van der Waals surface area contributed by atoms with Crippen LogP contribution in [-0.2, 0) is 4.79 Å². The normalized spacial score (nSPS) is 9.81. The first-order valence-corrected chi connectivity index (χ1v) is 6.55. The van der Waals surface area contributed by atoms with E-state index in [4.69, 9.17) is 21.4 Å². The summed E-state index contributed by atoms with van der Waals surface area (Å²) in [7, 11) is 0. The summed E-state index contributed by atoms with van der Waals surface area (Å²) in [6.45, 7) is 1.81. The molecule has 8 heteroatoms. The molecule has 0 aliphatic carbocycles. The number of ether oxygens (including phenoxy) is 1. The van der Waals surface area contributed by atoms with Crippen molar-refractivity contribution in [1.29, 1.82) is 0 Å². The molecule has 1 rings (SSSR count). The van der Waals surface area contributed by atoms with Crippen molar-refractivity contribution >= 4 is 29.5 Å². The first-order chi connectivity index (χ1) is 9.93. The van der Waals surface area contributed by atoms with E-state index in [-0.39, 0.29) is 16.3 Å². The summed E-state index contributed by atoms with van der Waals surface area (Å²) in [6.07, 6.45) is 0.739. The molecule has 0 saturated carbocycles. The molecule has 21 heavy (non-hydrogen) atoms. The molecule has 0 heterocycles.